The Morgan fingerprint density at radius 2 is 1.87 bits per heavy atom. The van der Waals surface area contributed by atoms with Crippen molar-refractivity contribution in [2.45, 2.75) is 73.0 Å². The molecule has 1 saturated carbocycles. The normalized spacial score (nSPS) is 25.6. The molecule has 1 aliphatic heterocycles. The topological polar surface area (TPSA) is 79.0 Å². The summed E-state index contributed by atoms with van der Waals surface area (Å²) in [6.07, 6.45) is 2.89. The predicted molar refractivity (Wildman–Crippen MR) is 121 cm³/mol. The number of hydrogen-bond acceptors (Lipinski definition) is 5. The van der Waals surface area contributed by atoms with Crippen molar-refractivity contribution in [3.05, 3.63) is 11.6 Å². The van der Waals surface area contributed by atoms with Crippen LogP contribution in [0.4, 0.5) is 0 Å². The maximum Gasteiger partial charge on any atom is 0.333 e. The molecule has 7 heteroatoms. The molecule has 0 radical (unpaired) electrons. The van der Waals surface area contributed by atoms with E-state index in [2.05, 4.69) is 10.2 Å². The molecule has 0 bridgehead atoms. The van der Waals surface area contributed by atoms with Crippen LogP contribution < -0.4 is 5.32 Å². The van der Waals surface area contributed by atoms with Gasteiger partial charge >= 0.3 is 5.97 Å². The van der Waals surface area contributed by atoms with Gasteiger partial charge in [-0.1, -0.05) is 40.7 Å². The molecule has 0 aromatic rings. The number of esters is 1. The fraction of sp³-hybridized carbons (Fsp3) is 0.792. The molecule has 1 N–H and O–H groups in total. The van der Waals surface area contributed by atoms with Crippen LogP contribution in [0.2, 0.25) is 0 Å². The molecule has 1 saturated heterocycles. The Balaban J connectivity index is 2.21. The third-order valence-corrected chi connectivity index (χ3v) is 6.54. The van der Waals surface area contributed by atoms with Crippen LogP contribution in [0, 0.1) is 23.2 Å². The summed E-state index contributed by atoms with van der Waals surface area (Å²) >= 11 is 0. The van der Waals surface area contributed by atoms with Gasteiger partial charge in [-0.25, -0.2) is 4.79 Å². The lowest BCUT2D eigenvalue weighted by Crippen LogP contribution is -2.59. The molecule has 2 amide bonds. The van der Waals surface area contributed by atoms with Crippen LogP contribution in [0.15, 0.2) is 11.6 Å². The van der Waals surface area contributed by atoms with Crippen molar-refractivity contribution < 1.29 is 19.1 Å². The lowest BCUT2D eigenvalue weighted by molar-refractivity contribution is -0.141. The molecule has 176 valence electrons. The van der Waals surface area contributed by atoms with E-state index in [1.165, 1.54) is 0 Å². The highest BCUT2D eigenvalue weighted by Gasteiger charge is 2.54. The number of amides is 2. The zero-order valence-electron chi connectivity index (χ0n) is 20.7. The molecule has 0 aromatic carbocycles. The van der Waals surface area contributed by atoms with Crippen molar-refractivity contribution in [3.8, 4) is 0 Å². The summed E-state index contributed by atoms with van der Waals surface area (Å²) in [7, 11) is 3.72. The summed E-state index contributed by atoms with van der Waals surface area (Å²) in [6, 6.07) is -1.10. The minimum atomic E-state index is -0.659. The fourth-order valence-corrected chi connectivity index (χ4v) is 4.62. The van der Waals surface area contributed by atoms with E-state index in [1.807, 2.05) is 41.7 Å². The monoisotopic (exact) mass is 435 g/mol. The van der Waals surface area contributed by atoms with E-state index in [0.717, 1.165) is 13.0 Å². The second-order valence-electron chi connectivity index (χ2n) is 10.6. The number of nitrogens with zero attached hydrogens (tertiary/aromatic N) is 2. The summed E-state index contributed by atoms with van der Waals surface area (Å²) in [6.45, 7) is 14.6. The van der Waals surface area contributed by atoms with Gasteiger partial charge in [0.25, 0.3) is 0 Å². The highest BCUT2D eigenvalue weighted by Crippen LogP contribution is 2.49. The molecule has 7 nitrogen and oxygen atoms in total. The Morgan fingerprint density at radius 1 is 1.26 bits per heavy atom. The largest absolute Gasteiger partial charge is 0.463 e. The van der Waals surface area contributed by atoms with Crippen molar-refractivity contribution in [3.63, 3.8) is 0 Å². The molecule has 1 heterocycles. The fourth-order valence-electron chi connectivity index (χ4n) is 4.62. The number of ether oxygens (including phenoxy) is 1. The lowest BCUT2D eigenvalue weighted by atomic mass is 9.84. The summed E-state index contributed by atoms with van der Waals surface area (Å²) < 4.78 is 5.09. The van der Waals surface area contributed by atoms with Crippen LogP contribution in [0.1, 0.15) is 54.9 Å². The van der Waals surface area contributed by atoms with E-state index in [9.17, 15) is 14.4 Å². The average Bonchev–Trinajstić information content (AvgIpc) is 3.32. The third kappa shape index (κ3) is 5.88. The first-order chi connectivity index (χ1) is 14.3. The Morgan fingerprint density at radius 3 is 2.32 bits per heavy atom. The number of fused-ring (bicyclic) bond motifs is 1. The van der Waals surface area contributed by atoms with Gasteiger partial charge in [-0.3, -0.25) is 14.5 Å². The van der Waals surface area contributed by atoms with Crippen LogP contribution in [-0.4, -0.2) is 73.0 Å². The SMILES string of the molecule is CCOC(=O)/C(C)=C/[C@H](C(C)C)N(C)C(=O)[C@@H](NC(=O)[C@@H]1[C@H]2C[C@H]2CN1C)C(C)(C)C. The van der Waals surface area contributed by atoms with E-state index in [1.54, 1.807) is 31.9 Å². The first-order valence-electron chi connectivity index (χ1n) is 11.4. The van der Waals surface area contributed by atoms with Gasteiger partial charge in [0, 0.05) is 19.2 Å². The van der Waals surface area contributed by atoms with Crippen molar-refractivity contribution in [2.24, 2.45) is 23.2 Å². The van der Waals surface area contributed by atoms with Crippen molar-refractivity contribution in [2.75, 3.05) is 27.2 Å². The summed E-state index contributed by atoms with van der Waals surface area (Å²) in [5, 5.41) is 3.07. The zero-order chi connectivity index (χ0) is 23.7. The van der Waals surface area contributed by atoms with E-state index >= 15 is 0 Å². The number of hydrogen-bond donors (Lipinski definition) is 1. The van der Waals surface area contributed by atoms with Gasteiger partial charge < -0.3 is 15.0 Å². The summed E-state index contributed by atoms with van der Waals surface area (Å²) in [5.41, 5.74) is 0.0200. The molecular formula is C24H41N3O4. The number of likely N-dealkylation sites (tertiary alicyclic amines) is 1. The first-order valence-corrected chi connectivity index (χ1v) is 11.4. The van der Waals surface area contributed by atoms with Crippen molar-refractivity contribution in [1.29, 1.82) is 0 Å². The van der Waals surface area contributed by atoms with Crippen LogP contribution >= 0.6 is 0 Å². The second-order valence-corrected chi connectivity index (χ2v) is 10.6. The highest BCUT2D eigenvalue weighted by atomic mass is 16.5. The van der Waals surface area contributed by atoms with Crippen molar-refractivity contribution in [1.82, 2.24) is 15.1 Å². The summed E-state index contributed by atoms with van der Waals surface area (Å²) in [4.78, 5) is 42.6. The molecular weight excluding hydrogens is 394 g/mol. The molecule has 0 spiro atoms. The number of nitrogens with one attached hydrogen (secondary N) is 1. The van der Waals surface area contributed by atoms with Gasteiger partial charge in [-0.2, -0.15) is 0 Å². The molecule has 5 atom stereocenters. The van der Waals surface area contributed by atoms with Crippen LogP contribution in [0.25, 0.3) is 0 Å². The minimum Gasteiger partial charge on any atom is -0.463 e. The third-order valence-electron chi connectivity index (χ3n) is 6.54. The molecule has 1 aliphatic carbocycles. The molecule has 0 unspecified atom stereocenters. The van der Waals surface area contributed by atoms with Crippen LogP contribution in [0.3, 0.4) is 0 Å². The average molecular weight is 436 g/mol. The highest BCUT2D eigenvalue weighted by molar-refractivity contribution is 5.91. The maximum absolute atomic E-state index is 13.6. The van der Waals surface area contributed by atoms with E-state index < -0.39 is 11.5 Å². The van der Waals surface area contributed by atoms with Crippen molar-refractivity contribution >= 4 is 17.8 Å². The van der Waals surface area contributed by atoms with Gasteiger partial charge in [0.1, 0.15) is 6.04 Å². The van der Waals surface area contributed by atoms with E-state index in [0.29, 0.717) is 24.0 Å². The lowest BCUT2D eigenvalue weighted by Gasteiger charge is -2.38. The number of piperidine rings is 1. The number of likely N-dealkylation sites (N-methyl/N-ethyl adjacent to an activating group) is 2. The second kappa shape index (κ2) is 9.72. The Labute approximate surface area is 187 Å². The first kappa shape index (κ1) is 25.4. The number of carbonyl (C=O) groups excluding carboxylic acids is 3. The smallest absolute Gasteiger partial charge is 0.333 e. The minimum absolute atomic E-state index is 0.0616. The molecule has 0 aromatic heterocycles. The zero-order valence-corrected chi connectivity index (χ0v) is 20.7. The number of carbonyl (C=O) groups is 3. The van der Waals surface area contributed by atoms with Gasteiger partial charge in [0.15, 0.2) is 0 Å². The summed E-state index contributed by atoms with van der Waals surface area (Å²) in [5.74, 6) is 0.528. The molecule has 31 heavy (non-hydrogen) atoms. The number of rotatable bonds is 8. The van der Waals surface area contributed by atoms with Crippen LogP contribution in [-0.2, 0) is 19.1 Å². The quantitative estimate of drug-likeness (QED) is 0.468. The van der Waals surface area contributed by atoms with Gasteiger partial charge in [0.05, 0.1) is 18.7 Å². The molecule has 2 rings (SSSR count). The molecule has 2 aliphatic rings. The maximum atomic E-state index is 13.6. The molecule has 2 fully saturated rings. The van der Waals surface area contributed by atoms with Gasteiger partial charge in [0.2, 0.25) is 11.8 Å². The van der Waals surface area contributed by atoms with E-state index in [-0.39, 0.29) is 35.8 Å². The van der Waals surface area contributed by atoms with Gasteiger partial charge in [-0.05, 0) is 50.5 Å². The van der Waals surface area contributed by atoms with E-state index in [4.69, 9.17) is 4.74 Å². The predicted octanol–water partition coefficient (Wildman–Crippen LogP) is 2.46. The standard InChI is InChI=1S/C24H41N3O4/c1-10-31-23(30)15(4)11-18(14(2)3)27(9)22(29)20(24(5,6)7)25-21(28)19-17-12-16(17)13-26(19)8/h11,14,16-20H,10,12-13H2,1-9H3,(H,25,28)/b15-11+/t16-,17-,18+,19-,20+/m0/s1. The van der Waals surface area contributed by atoms with Crippen LogP contribution in [0.5, 0.6) is 0 Å². The Bertz CT molecular complexity index is 723. The Hall–Kier alpha value is -1.89. The van der Waals surface area contributed by atoms with Gasteiger partial charge in [-0.15, -0.1) is 0 Å². The Kier molecular flexibility index (Phi) is 7.95.